The number of nitrogen functional groups attached to an aromatic ring is 1. The molecule has 0 bridgehead atoms. The van der Waals surface area contributed by atoms with E-state index in [1.165, 1.54) is 11.1 Å². The SMILES string of the molecule is Cc1ccc(N)c(C(C)C)c1.Cc1ccc2c(c1)C(=O)C(=O)N2. The first-order valence-corrected chi connectivity index (χ1v) is 7.62. The zero-order chi connectivity index (χ0) is 17.1. The third-order valence-corrected chi connectivity index (χ3v) is 3.74. The van der Waals surface area contributed by atoms with Crippen molar-refractivity contribution in [2.45, 2.75) is 33.6 Å². The van der Waals surface area contributed by atoms with E-state index in [4.69, 9.17) is 5.73 Å². The van der Waals surface area contributed by atoms with Crippen molar-refractivity contribution in [3.8, 4) is 0 Å². The van der Waals surface area contributed by atoms with Gasteiger partial charge in [0.25, 0.3) is 11.7 Å². The van der Waals surface area contributed by atoms with Crippen LogP contribution in [0.25, 0.3) is 0 Å². The average molecular weight is 310 g/mol. The molecule has 2 aromatic carbocycles. The number of carbonyl (C=O) groups excluding carboxylic acids is 2. The normalized spacial score (nSPS) is 12.6. The van der Waals surface area contributed by atoms with Crippen molar-refractivity contribution in [2.24, 2.45) is 0 Å². The number of fused-ring (bicyclic) bond motifs is 1. The largest absolute Gasteiger partial charge is 0.398 e. The summed E-state index contributed by atoms with van der Waals surface area (Å²) in [6, 6.07) is 11.5. The van der Waals surface area contributed by atoms with Crippen LogP contribution < -0.4 is 11.1 Å². The van der Waals surface area contributed by atoms with E-state index in [0.29, 0.717) is 17.2 Å². The van der Waals surface area contributed by atoms with Gasteiger partial charge >= 0.3 is 0 Å². The molecule has 3 N–H and O–H groups in total. The highest BCUT2D eigenvalue weighted by Gasteiger charge is 2.27. The van der Waals surface area contributed by atoms with Crippen molar-refractivity contribution < 1.29 is 9.59 Å². The predicted molar refractivity (Wildman–Crippen MR) is 93.8 cm³/mol. The molecule has 0 aliphatic carbocycles. The summed E-state index contributed by atoms with van der Waals surface area (Å²) >= 11 is 0. The van der Waals surface area contributed by atoms with Gasteiger partial charge in [0.15, 0.2) is 0 Å². The molecule has 1 amide bonds. The summed E-state index contributed by atoms with van der Waals surface area (Å²) in [5, 5.41) is 2.49. The summed E-state index contributed by atoms with van der Waals surface area (Å²) in [4.78, 5) is 22.0. The number of amides is 1. The Hall–Kier alpha value is -2.62. The number of nitrogens with one attached hydrogen (secondary N) is 1. The summed E-state index contributed by atoms with van der Waals surface area (Å²) < 4.78 is 0. The highest BCUT2D eigenvalue weighted by Crippen LogP contribution is 2.23. The lowest BCUT2D eigenvalue weighted by Crippen LogP contribution is -2.12. The minimum absolute atomic E-state index is 0.436. The Kier molecular flexibility index (Phi) is 4.84. The molecule has 120 valence electrons. The van der Waals surface area contributed by atoms with Gasteiger partial charge < -0.3 is 11.1 Å². The molecule has 23 heavy (non-hydrogen) atoms. The molecule has 0 saturated carbocycles. The van der Waals surface area contributed by atoms with Crippen molar-refractivity contribution in [1.82, 2.24) is 0 Å². The van der Waals surface area contributed by atoms with Crippen LogP contribution >= 0.6 is 0 Å². The summed E-state index contributed by atoms with van der Waals surface area (Å²) in [5.74, 6) is -0.445. The van der Waals surface area contributed by atoms with Crippen LogP contribution in [0.1, 0.15) is 46.8 Å². The number of anilines is 2. The Morgan fingerprint density at radius 2 is 1.57 bits per heavy atom. The highest BCUT2D eigenvalue weighted by molar-refractivity contribution is 6.51. The lowest BCUT2D eigenvalue weighted by atomic mass is 9.99. The van der Waals surface area contributed by atoms with E-state index < -0.39 is 11.7 Å². The molecule has 0 saturated heterocycles. The number of rotatable bonds is 1. The van der Waals surface area contributed by atoms with Crippen LogP contribution in [-0.2, 0) is 4.79 Å². The van der Waals surface area contributed by atoms with E-state index in [2.05, 4.69) is 32.2 Å². The molecule has 3 rings (SSSR count). The van der Waals surface area contributed by atoms with Gasteiger partial charge in [-0.05, 0) is 43.5 Å². The Labute approximate surface area is 136 Å². The number of carbonyl (C=O) groups is 2. The van der Waals surface area contributed by atoms with Crippen molar-refractivity contribution in [3.63, 3.8) is 0 Å². The summed E-state index contributed by atoms with van der Waals surface area (Å²) in [6.45, 7) is 8.29. The average Bonchev–Trinajstić information content (AvgIpc) is 2.77. The van der Waals surface area contributed by atoms with Gasteiger partial charge in [-0.15, -0.1) is 0 Å². The summed E-state index contributed by atoms with van der Waals surface area (Å²) in [6.07, 6.45) is 0. The van der Waals surface area contributed by atoms with Crippen LogP contribution in [0, 0.1) is 13.8 Å². The number of ketones is 1. The lowest BCUT2D eigenvalue weighted by molar-refractivity contribution is -0.112. The molecule has 0 unspecified atom stereocenters. The molecule has 2 aromatic rings. The molecule has 4 heteroatoms. The van der Waals surface area contributed by atoms with Gasteiger partial charge in [0.2, 0.25) is 0 Å². The zero-order valence-electron chi connectivity index (χ0n) is 13.9. The van der Waals surface area contributed by atoms with Gasteiger partial charge in [-0.25, -0.2) is 0 Å². The molecule has 1 aliphatic heterocycles. The smallest absolute Gasteiger partial charge is 0.296 e. The fourth-order valence-corrected chi connectivity index (χ4v) is 2.45. The number of hydrogen-bond acceptors (Lipinski definition) is 3. The maximum atomic E-state index is 11.1. The Balaban J connectivity index is 0.000000168. The van der Waals surface area contributed by atoms with E-state index >= 15 is 0 Å². The second-order valence-electron chi connectivity index (χ2n) is 6.12. The van der Waals surface area contributed by atoms with Gasteiger partial charge in [-0.2, -0.15) is 0 Å². The maximum Gasteiger partial charge on any atom is 0.296 e. The van der Waals surface area contributed by atoms with E-state index in [1.807, 2.05) is 25.1 Å². The monoisotopic (exact) mass is 310 g/mol. The standard InChI is InChI=1S/C10H15N.C9H7NO2/c1-7(2)9-6-8(3)4-5-10(9)11;1-5-2-3-7-6(4-5)8(11)9(12)10-7/h4-7H,11H2,1-3H3;2-4H,1H3,(H,10,11,12). The summed E-state index contributed by atoms with van der Waals surface area (Å²) in [5.41, 5.74) is 11.3. The van der Waals surface area contributed by atoms with Crippen molar-refractivity contribution >= 4 is 23.1 Å². The number of benzene rings is 2. The van der Waals surface area contributed by atoms with Gasteiger partial charge in [-0.1, -0.05) is 43.2 Å². The molecule has 4 nitrogen and oxygen atoms in total. The third kappa shape index (κ3) is 3.77. The van der Waals surface area contributed by atoms with Gasteiger partial charge in [0, 0.05) is 5.69 Å². The first-order chi connectivity index (χ1) is 10.8. The maximum absolute atomic E-state index is 11.1. The molecule has 0 spiro atoms. The Morgan fingerprint density at radius 1 is 0.957 bits per heavy atom. The Bertz CT molecular complexity index is 764. The van der Waals surface area contributed by atoms with Crippen LogP contribution in [0.15, 0.2) is 36.4 Å². The molecule has 0 atom stereocenters. The van der Waals surface area contributed by atoms with E-state index in [-0.39, 0.29) is 0 Å². The van der Waals surface area contributed by atoms with Crippen molar-refractivity contribution in [3.05, 3.63) is 58.7 Å². The first-order valence-electron chi connectivity index (χ1n) is 7.62. The van der Waals surface area contributed by atoms with Crippen LogP contribution in [0.2, 0.25) is 0 Å². The lowest BCUT2D eigenvalue weighted by Gasteiger charge is -2.09. The predicted octanol–water partition coefficient (Wildman–Crippen LogP) is 3.83. The van der Waals surface area contributed by atoms with Gasteiger partial charge in [-0.3, -0.25) is 9.59 Å². The second kappa shape index (κ2) is 6.65. The van der Waals surface area contributed by atoms with Gasteiger partial charge in [0.05, 0.1) is 11.3 Å². The van der Waals surface area contributed by atoms with Crippen molar-refractivity contribution in [1.29, 1.82) is 0 Å². The van der Waals surface area contributed by atoms with E-state index in [9.17, 15) is 9.59 Å². The minimum atomic E-state index is -0.532. The molecular formula is C19H22N2O2. The van der Waals surface area contributed by atoms with Crippen LogP contribution in [-0.4, -0.2) is 11.7 Å². The Morgan fingerprint density at radius 3 is 2.17 bits per heavy atom. The van der Waals surface area contributed by atoms with Crippen LogP contribution in [0.3, 0.4) is 0 Å². The second-order valence-corrected chi connectivity index (χ2v) is 6.12. The number of hydrogen-bond donors (Lipinski definition) is 2. The first kappa shape index (κ1) is 16.7. The third-order valence-electron chi connectivity index (χ3n) is 3.74. The summed E-state index contributed by atoms with van der Waals surface area (Å²) in [7, 11) is 0. The molecule has 1 aliphatic rings. The molecule has 0 radical (unpaired) electrons. The fourth-order valence-electron chi connectivity index (χ4n) is 2.45. The molecule has 0 aromatic heterocycles. The van der Waals surface area contributed by atoms with Crippen LogP contribution in [0.4, 0.5) is 11.4 Å². The van der Waals surface area contributed by atoms with E-state index in [0.717, 1.165) is 11.3 Å². The topological polar surface area (TPSA) is 72.2 Å². The molecular weight excluding hydrogens is 288 g/mol. The van der Waals surface area contributed by atoms with E-state index in [1.54, 1.807) is 12.1 Å². The number of nitrogens with two attached hydrogens (primary N) is 1. The number of aryl methyl sites for hydroxylation is 2. The molecule has 0 fully saturated rings. The highest BCUT2D eigenvalue weighted by atomic mass is 16.2. The zero-order valence-corrected chi connectivity index (χ0v) is 13.9. The van der Waals surface area contributed by atoms with Crippen molar-refractivity contribution in [2.75, 3.05) is 11.1 Å². The molecule has 1 heterocycles. The van der Waals surface area contributed by atoms with Crippen LogP contribution in [0.5, 0.6) is 0 Å². The van der Waals surface area contributed by atoms with Gasteiger partial charge in [0.1, 0.15) is 0 Å². The number of Topliss-reactive ketones (excluding diaryl/α,β-unsaturated/α-hetero) is 1. The fraction of sp³-hybridized carbons (Fsp3) is 0.263. The quantitative estimate of drug-likeness (QED) is 0.621. The minimum Gasteiger partial charge on any atom is -0.398 e.